The summed E-state index contributed by atoms with van der Waals surface area (Å²) in [5.41, 5.74) is 0.982. The Hall–Kier alpha value is -1.33. The molecule has 0 bridgehead atoms. The lowest BCUT2D eigenvalue weighted by Gasteiger charge is -2.18. The molecule has 2 atom stereocenters. The number of amides is 1. The lowest BCUT2D eigenvalue weighted by atomic mass is 10.1. The lowest BCUT2D eigenvalue weighted by molar-refractivity contribution is -0.179. The molecule has 1 rings (SSSR count). The molecule has 0 saturated heterocycles. The van der Waals surface area contributed by atoms with E-state index in [1.807, 2.05) is 37.3 Å². The Balaban J connectivity index is 2.11. The molecule has 0 heterocycles. The molecule has 7 heteroatoms. The summed E-state index contributed by atoms with van der Waals surface area (Å²) in [5.74, 6) is 0. The van der Waals surface area contributed by atoms with Crippen LogP contribution in [0, 0.1) is 0 Å². The lowest BCUT2D eigenvalue weighted by Crippen LogP contribution is -2.26. The van der Waals surface area contributed by atoms with Crippen LogP contribution >= 0.6 is 8.03 Å². The highest BCUT2D eigenvalue weighted by molar-refractivity contribution is 7.39. The number of carbonyl (C=O) groups is 1. The maximum absolute atomic E-state index is 11.1. The van der Waals surface area contributed by atoms with Gasteiger partial charge in [0.15, 0.2) is 6.16 Å². The molecule has 2 unspecified atom stereocenters. The van der Waals surface area contributed by atoms with Crippen molar-refractivity contribution < 1.29 is 23.8 Å². The minimum Gasteiger partial charge on any atom is -0.393 e. The number of aliphatic hydroxyl groups is 1. The van der Waals surface area contributed by atoms with E-state index in [9.17, 15) is 14.5 Å². The van der Waals surface area contributed by atoms with E-state index in [0.717, 1.165) is 18.4 Å². The van der Waals surface area contributed by atoms with E-state index in [1.54, 1.807) is 0 Å². The highest BCUT2D eigenvalue weighted by Crippen LogP contribution is 2.21. The number of nitrogens with zero attached hydrogens (tertiary/aromatic N) is 1. The van der Waals surface area contributed by atoms with Crippen LogP contribution in [0.5, 0.6) is 0 Å². The maximum Gasteiger partial charge on any atom is 0.507 e. The molecule has 0 aliphatic rings. The van der Waals surface area contributed by atoms with E-state index in [4.69, 9.17) is 9.36 Å². The topological polar surface area (TPSA) is 76.1 Å². The summed E-state index contributed by atoms with van der Waals surface area (Å²) < 4.78 is 16.2. The van der Waals surface area contributed by atoms with Crippen LogP contribution in [0.4, 0.5) is 0 Å². The smallest absolute Gasteiger partial charge is 0.393 e. The predicted molar refractivity (Wildman–Crippen MR) is 92.6 cm³/mol. The molecule has 1 N–H and O–H groups in total. The third-order valence-corrected chi connectivity index (χ3v) is 4.45. The van der Waals surface area contributed by atoms with Crippen molar-refractivity contribution in [1.82, 2.24) is 5.06 Å². The van der Waals surface area contributed by atoms with Crippen molar-refractivity contribution in [1.29, 1.82) is 0 Å². The van der Waals surface area contributed by atoms with E-state index in [0.29, 0.717) is 45.2 Å². The van der Waals surface area contributed by atoms with Crippen molar-refractivity contribution in [2.45, 2.75) is 45.3 Å². The summed E-state index contributed by atoms with van der Waals surface area (Å²) in [6.07, 6.45) is 3.30. The monoisotopic (exact) mass is 356 g/mol. The van der Waals surface area contributed by atoms with Crippen LogP contribution in [0.15, 0.2) is 30.3 Å². The quantitative estimate of drug-likeness (QED) is 0.240. The number of rotatable bonds is 14. The predicted octanol–water partition coefficient (Wildman–Crippen LogP) is 3.28. The van der Waals surface area contributed by atoms with Crippen molar-refractivity contribution in [3.8, 4) is 0 Å². The van der Waals surface area contributed by atoms with Gasteiger partial charge in [0.1, 0.15) is 13.2 Å². The van der Waals surface area contributed by atoms with Gasteiger partial charge < -0.3 is 5.11 Å². The normalized spacial score (nSPS) is 12.7. The Labute approximate surface area is 144 Å². The molecule has 0 aromatic heterocycles. The molecule has 24 heavy (non-hydrogen) atoms. The fourth-order valence-corrected chi connectivity index (χ4v) is 2.55. The van der Waals surface area contributed by atoms with Crippen molar-refractivity contribution >= 4 is 14.4 Å². The number of unbranched alkanes of at least 4 members (excludes halogenated alkanes) is 1. The number of hydroxylamine groups is 2. The molecule has 6 nitrogen and oxygen atoms in total. The van der Waals surface area contributed by atoms with Gasteiger partial charge in [-0.15, -0.1) is 4.52 Å². The molecule has 0 spiro atoms. The molecule has 1 aromatic carbocycles. The van der Waals surface area contributed by atoms with Crippen LogP contribution in [0.25, 0.3) is 0 Å². The SMILES string of the molecule is CC[P+](=O)OCCCCC(O)CCN(C=O)OCc1ccccc1. The zero-order valence-electron chi connectivity index (χ0n) is 14.2. The third-order valence-electron chi connectivity index (χ3n) is 3.47. The van der Waals surface area contributed by atoms with Crippen LogP contribution < -0.4 is 0 Å². The average molecular weight is 356 g/mol. The minimum atomic E-state index is -1.53. The maximum atomic E-state index is 11.1. The van der Waals surface area contributed by atoms with Crippen molar-refractivity contribution in [3.63, 3.8) is 0 Å². The van der Waals surface area contributed by atoms with Crippen LogP contribution in [-0.2, 0) is 25.3 Å². The van der Waals surface area contributed by atoms with Crippen molar-refractivity contribution in [2.75, 3.05) is 19.3 Å². The summed E-state index contributed by atoms with van der Waals surface area (Å²) in [6, 6.07) is 9.59. The molecular formula is C17H27NO5P+. The van der Waals surface area contributed by atoms with Gasteiger partial charge in [0.25, 0.3) is 0 Å². The molecular weight excluding hydrogens is 329 g/mol. The van der Waals surface area contributed by atoms with Gasteiger partial charge in [-0.05, 0) is 42.7 Å². The Bertz CT molecular complexity index is 471. The molecule has 134 valence electrons. The number of carbonyl (C=O) groups excluding carboxylic acids is 1. The van der Waals surface area contributed by atoms with Gasteiger partial charge in [-0.25, -0.2) is 5.06 Å². The van der Waals surface area contributed by atoms with Crippen LogP contribution in [0.1, 0.15) is 38.2 Å². The summed E-state index contributed by atoms with van der Waals surface area (Å²) in [4.78, 5) is 16.4. The van der Waals surface area contributed by atoms with E-state index >= 15 is 0 Å². The van der Waals surface area contributed by atoms with E-state index in [1.165, 1.54) is 5.06 Å². The summed E-state index contributed by atoms with van der Waals surface area (Å²) in [7, 11) is -1.53. The van der Waals surface area contributed by atoms with Gasteiger partial charge in [0, 0.05) is 0 Å². The number of hydrogen-bond donors (Lipinski definition) is 1. The zero-order chi connectivity index (χ0) is 17.6. The fraction of sp³-hybridized carbons (Fsp3) is 0.588. The van der Waals surface area contributed by atoms with Crippen LogP contribution in [0.2, 0.25) is 0 Å². The third kappa shape index (κ3) is 9.73. The molecule has 1 amide bonds. The van der Waals surface area contributed by atoms with Crippen molar-refractivity contribution in [2.24, 2.45) is 0 Å². The van der Waals surface area contributed by atoms with Gasteiger partial charge in [-0.1, -0.05) is 30.3 Å². The Morgan fingerprint density at radius 3 is 2.67 bits per heavy atom. The van der Waals surface area contributed by atoms with Crippen molar-refractivity contribution in [3.05, 3.63) is 35.9 Å². The number of aliphatic hydroxyl groups excluding tert-OH is 1. The molecule has 1 aromatic rings. The minimum absolute atomic E-state index is 0.322. The second-order valence-corrected chi connectivity index (χ2v) is 6.98. The molecule has 0 fully saturated rings. The number of benzene rings is 1. The van der Waals surface area contributed by atoms with Crippen LogP contribution in [0.3, 0.4) is 0 Å². The van der Waals surface area contributed by atoms with E-state index < -0.39 is 14.1 Å². The van der Waals surface area contributed by atoms with E-state index in [2.05, 4.69) is 0 Å². The largest absolute Gasteiger partial charge is 0.507 e. The Kier molecular flexibility index (Phi) is 11.2. The molecule has 0 aliphatic heterocycles. The highest BCUT2D eigenvalue weighted by atomic mass is 31.1. The highest BCUT2D eigenvalue weighted by Gasteiger charge is 2.13. The number of hydrogen-bond acceptors (Lipinski definition) is 5. The van der Waals surface area contributed by atoms with Gasteiger partial charge in [-0.3, -0.25) is 9.63 Å². The van der Waals surface area contributed by atoms with Gasteiger partial charge in [0.2, 0.25) is 6.41 Å². The van der Waals surface area contributed by atoms with Gasteiger partial charge in [-0.2, -0.15) is 0 Å². The molecule has 0 saturated carbocycles. The Morgan fingerprint density at radius 1 is 1.25 bits per heavy atom. The van der Waals surface area contributed by atoms with Crippen LogP contribution in [-0.4, -0.2) is 42.0 Å². The second kappa shape index (κ2) is 13.0. The fourth-order valence-electron chi connectivity index (χ4n) is 2.04. The van der Waals surface area contributed by atoms with E-state index in [-0.39, 0.29) is 0 Å². The first-order chi connectivity index (χ1) is 11.7. The average Bonchev–Trinajstić information content (AvgIpc) is 2.62. The first-order valence-corrected chi connectivity index (χ1v) is 9.66. The first kappa shape index (κ1) is 20.7. The Morgan fingerprint density at radius 2 is 2.00 bits per heavy atom. The second-order valence-electron chi connectivity index (χ2n) is 5.43. The van der Waals surface area contributed by atoms with Gasteiger partial charge >= 0.3 is 8.03 Å². The molecule has 0 radical (unpaired) electrons. The standard InChI is InChI=1S/C17H27NO5P/c1-2-24(21)23-13-7-6-10-17(20)11-12-18(15-19)22-14-16-8-4-3-5-9-16/h3-5,8-9,15,17,20H,2,6-7,10-14H2,1H3/q+1. The zero-order valence-corrected chi connectivity index (χ0v) is 15.1. The summed E-state index contributed by atoms with van der Waals surface area (Å²) in [6.45, 7) is 2.94. The molecule has 0 aliphatic carbocycles. The first-order valence-electron chi connectivity index (χ1n) is 8.30. The summed E-state index contributed by atoms with van der Waals surface area (Å²) in [5, 5.41) is 11.2. The van der Waals surface area contributed by atoms with Gasteiger partial charge in [0.05, 0.1) is 12.6 Å². The summed E-state index contributed by atoms with van der Waals surface area (Å²) >= 11 is 0.